The summed E-state index contributed by atoms with van der Waals surface area (Å²) in [5.41, 5.74) is 0.905. The highest BCUT2D eigenvalue weighted by Gasteiger charge is 2.29. The molecule has 0 aliphatic heterocycles. The molecule has 4 heteroatoms. The average molecular weight is 346 g/mol. The second kappa shape index (κ2) is 5.25. The number of hydrogen-bond acceptors (Lipinski definition) is 2. The molecular weight excluding hydrogens is 331 g/mol. The molecule has 0 spiro atoms. The lowest BCUT2D eigenvalue weighted by Crippen LogP contribution is -2.21. The van der Waals surface area contributed by atoms with Crippen LogP contribution in [0.25, 0.3) is 0 Å². The molecule has 1 fully saturated rings. The predicted octanol–water partition coefficient (Wildman–Crippen LogP) is 3.36. The molecule has 0 amide bonds. The molecule has 1 saturated carbocycles. The van der Waals surface area contributed by atoms with Crippen LogP contribution >= 0.6 is 22.6 Å². The molecule has 2 atom stereocenters. The molecule has 3 nitrogen and oxygen atoms in total. The Morgan fingerprint density at radius 2 is 2.12 bits per heavy atom. The third-order valence-corrected chi connectivity index (χ3v) is 4.35. The van der Waals surface area contributed by atoms with E-state index in [0.29, 0.717) is 12.2 Å². The highest BCUT2D eigenvalue weighted by Crippen LogP contribution is 2.40. The fourth-order valence-electron chi connectivity index (χ4n) is 2.56. The van der Waals surface area contributed by atoms with E-state index in [1.807, 2.05) is 18.2 Å². The Hall–Kier alpha value is -0.780. The van der Waals surface area contributed by atoms with E-state index >= 15 is 0 Å². The van der Waals surface area contributed by atoms with Crippen LogP contribution < -0.4 is 0 Å². The first-order valence-corrected chi connectivity index (χ1v) is 6.87. The van der Waals surface area contributed by atoms with Gasteiger partial charge < -0.3 is 10.2 Å². The molecule has 17 heavy (non-hydrogen) atoms. The van der Waals surface area contributed by atoms with Crippen LogP contribution in [0.15, 0.2) is 18.2 Å². The summed E-state index contributed by atoms with van der Waals surface area (Å²) in [7, 11) is 0. The Labute approximate surface area is 114 Å². The van der Waals surface area contributed by atoms with E-state index in [4.69, 9.17) is 5.11 Å². The van der Waals surface area contributed by atoms with Gasteiger partial charge in [0.05, 0.1) is 9.49 Å². The number of phenols is 1. The average Bonchev–Trinajstić information content (AvgIpc) is 2.33. The number of rotatable bonds is 2. The van der Waals surface area contributed by atoms with Crippen LogP contribution in [0, 0.1) is 9.49 Å². The maximum absolute atomic E-state index is 11.0. The molecule has 1 aromatic rings. The van der Waals surface area contributed by atoms with Gasteiger partial charge in [0.2, 0.25) is 0 Å². The van der Waals surface area contributed by atoms with Gasteiger partial charge in [-0.25, -0.2) is 0 Å². The van der Waals surface area contributed by atoms with Crippen molar-refractivity contribution < 1.29 is 15.0 Å². The summed E-state index contributed by atoms with van der Waals surface area (Å²) < 4.78 is 0.831. The van der Waals surface area contributed by atoms with Crippen molar-refractivity contribution in [1.29, 1.82) is 0 Å². The lowest BCUT2D eigenvalue weighted by molar-refractivity contribution is -0.143. The van der Waals surface area contributed by atoms with Gasteiger partial charge in [0, 0.05) is 0 Å². The van der Waals surface area contributed by atoms with E-state index in [1.54, 1.807) is 0 Å². The Morgan fingerprint density at radius 3 is 2.82 bits per heavy atom. The molecule has 1 aliphatic carbocycles. The molecule has 2 rings (SSSR count). The van der Waals surface area contributed by atoms with Crippen molar-refractivity contribution in [3.63, 3.8) is 0 Å². The number of carboxylic acids is 1. The minimum atomic E-state index is -0.709. The quantitative estimate of drug-likeness (QED) is 0.808. The van der Waals surface area contributed by atoms with Crippen molar-refractivity contribution in [1.82, 2.24) is 0 Å². The SMILES string of the molecule is O=C(O)C1CCCC(c2cccc(I)c2O)C1. The fourth-order valence-corrected chi connectivity index (χ4v) is 3.08. The molecule has 1 aromatic carbocycles. The topological polar surface area (TPSA) is 57.5 Å². The highest BCUT2D eigenvalue weighted by atomic mass is 127. The molecule has 0 aromatic heterocycles. The highest BCUT2D eigenvalue weighted by molar-refractivity contribution is 14.1. The van der Waals surface area contributed by atoms with E-state index in [9.17, 15) is 9.90 Å². The first-order valence-electron chi connectivity index (χ1n) is 5.79. The second-order valence-corrected chi connectivity index (χ2v) is 5.74. The summed E-state index contributed by atoms with van der Waals surface area (Å²) in [6.07, 6.45) is 3.30. The summed E-state index contributed by atoms with van der Waals surface area (Å²) in [6, 6.07) is 5.69. The number of carboxylic acid groups (broad SMARTS) is 1. The molecule has 0 saturated heterocycles. The summed E-state index contributed by atoms with van der Waals surface area (Å²) in [4.78, 5) is 11.0. The summed E-state index contributed by atoms with van der Waals surface area (Å²) in [5.74, 6) is -0.463. The summed E-state index contributed by atoms with van der Waals surface area (Å²) in [6.45, 7) is 0. The predicted molar refractivity (Wildman–Crippen MR) is 73.2 cm³/mol. The van der Waals surface area contributed by atoms with Gasteiger partial charge in [0.25, 0.3) is 0 Å². The third-order valence-electron chi connectivity index (χ3n) is 3.48. The smallest absolute Gasteiger partial charge is 0.306 e. The van der Waals surface area contributed by atoms with Crippen molar-refractivity contribution >= 4 is 28.6 Å². The first kappa shape index (κ1) is 12.7. The summed E-state index contributed by atoms with van der Waals surface area (Å²) in [5, 5.41) is 19.1. The molecular formula is C13H15IO3. The molecule has 2 N–H and O–H groups in total. The van der Waals surface area contributed by atoms with Gasteiger partial charge in [0.1, 0.15) is 5.75 Å². The third kappa shape index (κ3) is 2.73. The van der Waals surface area contributed by atoms with Crippen molar-refractivity contribution in [2.45, 2.75) is 31.6 Å². The number of halogens is 1. The number of benzene rings is 1. The Balaban J connectivity index is 2.22. The molecule has 92 valence electrons. The van der Waals surface area contributed by atoms with E-state index in [0.717, 1.165) is 28.4 Å². The van der Waals surface area contributed by atoms with Gasteiger partial charge in [-0.1, -0.05) is 18.6 Å². The Morgan fingerprint density at radius 1 is 1.35 bits per heavy atom. The first-order chi connectivity index (χ1) is 8.09. The van der Waals surface area contributed by atoms with E-state index in [1.165, 1.54) is 0 Å². The number of hydrogen-bond donors (Lipinski definition) is 2. The van der Waals surface area contributed by atoms with Gasteiger partial charge in [-0.15, -0.1) is 0 Å². The standard InChI is InChI=1S/C13H15IO3/c14-11-6-2-5-10(12(11)15)8-3-1-4-9(7-8)13(16)17/h2,5-6,8-9,15H,1,3-4,7H2,(H,16,17). The van der Waals surface area contributed by atoms with E-state index < -0.39 is 5.97 Å². The lowest BCUT2D eigenvalue weighted by atomic mass is 9.78. The normalized spacial score (nSPS) is 24.5. The van der Waals surface area contributed by atoms with Crippen LogP contribution in [0.4, 0.5) is 0 Å². The zero-order valence-electron chi connectivity index (χ0n) is 9.40. The van der Waals surface area contributed by atoms with Crippen LogP contribution in [0.5, 0.6) is 5.75 Å². The zero-order chi connectivity index (χ0) is 12.4. The van der Waals surface area contributed by atoms with Gasteiger partial charge in [-0.05, 0) is 59.4 Å². The van der Waals surface area contributed by atoms with Crippen LogP contribution in [0.1, 0.15) is 37.2 Å². The van der Waals surface area contributed by atoms with Crippen molar-refractivity contribution in [2.24, 2.45) is 5.92 Å². The molecule has 2 unspecified atom stereocenters. The Kier molecular flexibility index (Phi) is 3.91. The van der Waals surface area contributed by atoms with Gasteiger partial charge >= 0.3 is 5.97 Å². The van der Waals surface area contributed by atoms with Gasteiger partial charge in [0.15, 0.2) is 0 Å². The van der Waals surface area contributed by atoms with Crippen molar-refractivity contribution in [2.75, 3.05) is 0 Å². The molecule has 0 bridgehead atoms. The van der Waals surface area contributed by atoms with Crippen molar-refractivity contribution in [3.8, 4) is 5.75 Å². The van der Waals surface area contributed by atoms with E-state index in [2.05, 4.69) is 22.6 Å². The molecule has 1 aliphatic rings. The zero-order valence-corrected chi connectivity index (χ0v) is 11.6. The van der Waals surface area contributed by atoms with Crippen LogP contribution in [0.3, 0.4) is 0 Å². The number of aliphatic carboxylic acids is 1. The second-order valence-electron chi connectivity index (χ2n) is 4.58. The number of aromatic hydroxyl groups is 1. The van der Waals surface area contributed by atoms with Crippen molar-refractivity contribution in [3.05, 3.63) is 27.3 Å². The van der Waals surface area contributed by atoms with Crippen LogP contribution in [-0.4, -0.2) is 16.2 Å². The monoisotopic (exact) mass is 346 g/mol. The van der Waals surface area contributed by atoms with Gasteiger partial charge in [-0.2, -0.15) is 0 Å². The molecule has 0 radical (unpaired) electrons. The van der Waals surface area contributed by atoms with Crippen LogP contribution in [-0.2, 0) is 4.79 Å². The number of para-hydroxylation sites is 1. The lowest BCUT2D eigenvalue weighted by Gasteiger charge is -2.27. The van der Waals surface area contributed by atoms with E-state index in [-0.39, 0.29) is 11.8 Å². The largest absolute Gasteiger partial charge is 0.507 e. The fraction of sp³-hybridized carbons (Fsp3) is 0.462. The van der Waals surface area contributed by atoms with Gasteiger partial charge in [-0.3, -0.25) is 4.79 Å². The summed E-state index contributed by atoms with van der Waals surface area (Å²) >= 11 is 2.10. The number of phenolic OH excluding ortho intramolecular Hbond substituents is 1. The maximum atomic E-state index is 11.0. The maximum Gasteiger partial charge on any atom is 0.306 e. The molecule has 0 heterocycles. The minimum Gasteiger partial charge on any atom is -0.507 e. The Bertz CT molecular complexity index is 431. The van der Waals surface area contributed by atoms with Crippen LogP contribution in [0.2, 0.25) is 0 Å². The number of carbonyl (C=O) groups is 1. The minimum absolute atomic E-state index is 0.180.